The van der Waals surface area contributed by atoms with Gasteiger partial charge in [-0.1, -0.05) is 18.2 Å². The number of nitrogens with zero attached hydrogens (tertiary/aromatic N) is 2. The smallest absolute Gasteiger partial charge is 0.0771 e. The molecule has 1 aromatic heterocycles. The Bertz CT molecular complexity index is 560. The van der Waals surface area contributed by atoms with E-state index < -0.39 is 5.60 Å². The van der Waals surface area contributed by atoms with E-state index in [-0.39, 0.29) is 6.04 Å². The van der Waals surface area contributed by atoms with Gasteiger partial charge >= 0.3 is 0 Å². The maximum absolute atomic E-state index is 10.1. The maximum Gasteiger partial charge on any atom is 0.0771 e. The molecule has 0 spiro atoms. The molecule has 3 rings (SSSR count). The van der Waals surface area contributed by atoms with E-state index in [1.807, 2.05) is 47.4 Å². The first-order chi connectivity index (χ1) is 9.66. The summed E-state index contributed by atoms with van der Waals surface area (Å²) in [7, 11) is 0. The third kappa shape index (κ3) is 2.76. The molecule has 1 fully saturated rings. The maximum atomic E-state index is 10.1. The molecule has 1 unspecified atom stereocenters. The lowest BCUT2D eigenvalue weighted by Gasteiger charge is -2.37. The lowest BCUT2D eigenvalue weighted by atomic mass is 9.80. The molecule has 1 saturated carbocycles. The highest BCUT2D eigenvalue weighted by atomic mass is 16.3. The number of aromatic nitrogens is 2. The van der Waals surface area contributed by atoms with Gasteiger partial charge < -0.3 is 10.4 Å². The topological polar surface area (TPSA) is 50.1 Å². The van der Waals surface area contributed by atoms with Crippen LogP contribution in [0.15, 0.2) is 42.7 Å². The predicted molar refractivity (Wildman–Crippen MR) is 78.8 cm³/mol. The van der Waals surface area contributed by atoms with Gasteiger partial charge in [0.25, 0.3) is 0 Å². The molecule has 1 aliphatic carbocycles. The highest BCUT2D eigenvalue weighted by molar-refractivity contribution is 5.31. The van der Waals surface area contributed by atoms with E-state index in [9.17, 15) is 5.11 Å². The van der Waals surface area contributed by atoms with Crippen molar-refractivity contribution in [2.75, 3.05) is 6.54 Å². The summed E-state index contributed by atoms with van der Waals surface area (Å²) in [6, 6.07) is 10.3. The van der Waals surface area contributed by atoms with Gasteiger partial charge in [0.1, 0.15) is 0 Å². The fourth-order valence-electron chi connectivity index (χ4n) is 2.50. The number of benzene rings is 1. The largest absolute Gasteiger partial charge is 0.389 e. The third-order valence-corrected chi connectivity index (χ3v) is 4.14. The number of aliphatic hydroxyl groups is 1. The molecule has 0 bridgehead atoms. The predicted octanol–water partition coefficient (Wildman–Crippen LogP) is 2.44. The number of hydrogen-bond acceptors (Lipinski definition) is 3. The van der Waals surface area contributed by atoms with Crippen molar-refractivity contribution in [3.05, 3.63) is 48.3 Å². The van der Waals surface area contributed by atoms with Gasteiger partial charge in [-0.25, -0.2) is 4.68 Å². The molecule has 2 N–H and O–H groups in total. The second-order valence-corrected chi connectivity index (χ2v) is 5.73. The molecular formula is C16H21N3O. The summed E-state index contributed by atoms with van der Waals surface area (Å²) < 4.78 is 1.88. The van der Waals surface area contributed by atoms with Crippen molar-refractivity contribution in [2.45, 2.75) is 37.8 Å². The quantitative estimate of drug-likeness (QED) is 0.878. The Morgan fingerprint density at radius 2 is 2.10 bits per heavy atom. The summed E-state index contributed by atoms with van der Waals surface area (Å²) >= 11 is 0. The van der Waals surface area contributed by atoms with Crippen molar-refractivity contribution in [3.8, 4) is 5.69 Å². The second kappa shape index (κ2) is 5.38. The Kier molecular flexibility index (Phi) is 3.59. The van der Waals surface area contributed by atoms with Gasteiger partial charge in [-0.15, -0.1) is 0 Å². The molecule has 1 atom stereocenters. The Morgan fingerprint density at radius 1 is 1.35 bits per heavy atom. The normalized spacial score (nSPS) is 18.5. The zero-order chi connectivity index (χ0) is 14.0. The summed E-state index contributed by atoms with van der Waals surface area (Å²) in [5.74, 6) is 0. The molecule has 4 heteroatoms. The minimum absolute atomic E-state index is 0.192. The van der Waals surface area contributed by atoms with Crippen LogP contribution in [0, 0.1) is 0 Å². The van der Waals surface area contributed by atoms with Crippen LogP contribution in [0.2, 0.25) is 0 Å². The summed E-state index contributed by atoms with van der Waals surface area (Å²) in [5, 5.41) is 17.9. The molecule has 4 nitrogen and oxygen atoms in total. The monoisotopic (exact) mass is 271 g/mol. The Labute approximate surface area is 119 Å². The number of para-hydroxylation sites is 1. The molecule has 0 saturated heterocycles. The van der Waals surface area contributed by atoms with Crippen LogP contribution < -0.4 is 5.32 Å². The molecule has 0 amide bonds. The van der Waals surface area contributed by atoms with Crippen LogP contribution >= 0.6 is 0 Å². The fraction of sp³-hybridized carbons (Fsp3) is 0.438. The summed E-state index contributed by atoms with van der Waals surface area (Å²) in [5.41, 5.74) is 1.71. The lowest BCUT2D eigenvalue weighted by Crippen LogP contribution is -2.46. The van der Waals surface area contributed by atoms with E-state index in [0.717, 1.165) is 30.5 Å². The summed E-state index contributed by atoms with van der Waals surface area (Å²) in [6.45, 7) is 2.76. The standard InChI is InChI=1S/C16H21N3O/c1-13(17-12-16(20)8-5-9-16)14-10-18-19(11-14)15-6-3-2-4-7-15/h2-4,6-7,10-11,13,17,20H,5,8-9,12H2,1H3. The van der Waals surface area contributed by atoms with E-state index in [4.69, 9.17) is 0 Å². The van der Waals surface area contributed by atoms with Gasteiger partial charge in [-0.2, -0.15) is 5.10 Å². The van der Waals surface area contributed by atoms with Crippen molar-refractivity contribution in [2.24, 2.45) is 0 Å². The number of rotatable bonds is 5. The third-order valence-electron chi connectivity index (χ3n) is 4.14. The first kappa shape index (κ1) is 13.3. The molecule has 1 aliphatic rings. The minimum atomic E-state index is -0.482. The molecule has 0 radical (unpaired) electrons. The van der Waals surface area contributed by atoms with Crippen molar-refractivity contribution in [1.82, 2.24) is 15.1 Å². The highest BCUT2D eigenvalue weighted by Crippen LogP contribution is 2.31. The fourth-order valence-corrected chi connectivity index (χ4v) is 2.50. The first-order valence-electron chi connectivity index (χ1n) is 7.22. The Balaban J connectivity index is 1.64. The van der Waals surface area contributed by atoms with Crippen molar-refractivity contribution in [3.63, 3.8) is 0 Å². The molecular weight excluding hydrogens is 250 g/mol. The van der Waals surface area contributed by atoms with Crippen LogP contribution in [0.25, 0.3) is 5.69 Å². The van der Waals surface area contributed by atoms with Gasteiger partial charge in [-0.3, -0.25) is 0 Å². The van der Waals surface area contributed by atoms with Crippen LogP contribution in [-0.4, -0.2) is 27.0 Å². The van der Waals surface area contributed by atoms with Crippen molar-refractivity contribution < 1.29 is 5.11 Å². The first-order valence-corrected chi connectivity index (χ1v) is 7.22. The molecule has 106 valence electrons. The van der Waals surface area contributed by atoms with E-state index in [1.54, 1.807) is 0 Å². The van der Waals surface area contributed by atoms with Crippen molar-refractivity contribution >= 4 is 0 Å². The Morgan fingerprint density at radius 3 is 2.75 bits per heavy atom. The zero-order valence-corrected chi connectivity index (χ0v) is 11.8. The second-order valence-electron chi connectivity index (χ2n) is 5.73. The number of hydrogen-bond donors (Lipinski definition) is 2. The van der Waals surface area contributed by atoms with Crippen molar-refractivity contribution in [1.29, 1.82) is 0 Å². The highest BCUT2D eigenvalue weighted by Gasteiger charge is 2.34. The lowest BCUT2D eigenvalue weighted by molar-refractivity contribution is -0.0329. The number of nitrogens with one attached hydrogen (secondary N) is 1. The molecule has 1 heterocycles. The van der Waals surface area contributed by atoms with E-state index in [1.165, 1.54) is 0 Å². The van der Waals surface area contributed by atoms with Gasteiger partial charge in [-0.05, 0) is 38.3 Å². The Hall–Kier alpha value is -1.65. The van der Waals surface area contributed by atoms with Gasteiger partial charge in [0.15, 0.2) is 0 Å². The zero-order valence-electron chi connectivity index (χ0n) is 11.8. The van der Waals surface area contributed by atoms with Crippen LogP contribution in [0.5, 0.6) is 0 Å². The van der Waals surface area contributed by atoms with Crippen LogP contribution in [0.1, 0.15) is 37.8 Å². The molecule has 20 heavy (non-hydrogen) atoms. The molecule has 0 aliphatic heterocycles. The van der Waals surface area contributed by atoms with Gasteiger partial charge in [0.05, 0.1) is 17.5 Å². The van der Waals surface area contributed by atoms with Gasteiger partial charge in [0, 0.05) is 24.3 Å². The van der Waals surface area contributed by atoms with Crippen LogP contribution in [0.3, 0.4) is 0 Å². The van der Waals surface area contributed by atoms with E-state index in [0.29, 0.717) is 6.54 Å². The minimum Gasteiger partial charge on any atom is -0.389 e. The SMILES string of the molecule is CC(NCC1(O)CCC1)c1cnn(-c2ccccc2)c1. The summed E-state index contributed by atoms with van der Waals surface area (Å²) in [4.78, 5) is 0. The molecule has 2 aromatic rings. The summed E-state index contributed by atoms with van der Waals surface area (Å²) in [6.07, 6.45) is 6.89. The molecule has 1 aromatic carbocycles. The van der Waals surface area contributed by atoms with Gasteiger partial charge in [0.2, 0.25) is 0 Å². The average Bonchev–Trinajstić information content (AvgIpc) is 2.93. The van der Waals surface area contributed by atoms with Crippen LogP contribution in [0.4, 0.5) is 0 Å². The van der Waals surface area contributed by atoms with E-state index >= 15 is 0 Å². The van der Waals surface area contributed by atoms with Crippen LogP contribution in [-0.2, 0) is 0 Å². The average molecular weight is 271 g/mol. The van der Waals surface area contributed by atoms with E-state index in [2.05, 4.69) is 17.3 Å².